The Morgan fingerprint density at radius 3 is 2.40 bits per heavy atom. The lowest BCUT2D eigenvalue weighted by Crippen LogP contribution is -2.39. The zero-order chi connectivity index (χ0) is 17.6. The summed E-state index contributed by atoms with van der Waals surface area (Å²) in [4.78, 5) is 4.21. The Hall–Kier alpha value is -1.22. The van der Waals surface area contributed by atoms with Crippen LogP contribution in [0.2, 0.25) is 0 Å². The second kappa shape index (κ2) is 15.1. The van der Waals surface area contributed by atoms with Crippen molar-refractivity contribution in [3.8, 4) is 11.5 Å². The molecule has 0 heterocycles. The van der Waals surface area contributed by atoms with E-state index in [9.17, 15) is 0 Å². The highest BCUT2D eigenvalue weighted by Crippen LogP contribution is 2.27. The lowest BCUT2D eigenvalue weighted by atomic mass is 10.1. The van der Waals surface area contributed by atoms with Gasteiger partial charge in [-0.2, -0.15) is 0 Å². The predicted molar refractivity (Wildman–Crippen MR) is 114 cm³/mol. The summed E-state index contributed by atoms with van der Waals surface area (Å²) < 4.78 is 16.1. The smallest absolute Gasteiger partial charge is 0.191 e. The number of ether oxygens (including phenoxy) is 3. The van der Waals surface area contributed by atoms with E-state index in [4.69, 9.17) is 14.2 Å². The number of nitrogens with one attached hydrogen (secondary N) is 2. The summed E-state index contributed by atoms with van der Waals surface area (Å²) in [5.41, 5.74) is 1.18. The molecule has 0 unspecified atom stereocenters. The molecular weight excluding hydrogens is 433 g/mol. The third-order valence-electron chi connectivity index (χ3n) is 3.56. The number of aliphatic imine (C=N–C) groups is 1. The van der Waals surface area contributed by atoms with Gasteiger partial charge in [0.05, 0.1) is 20.8 Å². The SMILES string of the molecule is CCCCOCCNC(=NC)NCCc1ccc(OC)c(OC)c1.I. The molecule has 2 N–H and O–H groups in total. The first kappa shape index (κ1) is 23.8. The van der Waals surface area contributed by atoms with Crippen LogP contribution in [0.15, 0.2) is 23.2 Å². The van der Waals surface area contributed by atoms with Crippen LogP contribution in [0, 0.1) is 0 Å². The van der Waals surface area contributed by atoms with E-state index in [0.717, 1.165) is 56.4 Å². The second-order valence-corrected chi connectivity index (χ2v) is 5.33. The molecule has 0 aliphatic carbocycles. The van der Waals surface area contributed by atoms with Crippen LogP contribution in [-0.4, -0.2) is 53.5 Å². The van der Waals surface area contributed by atoms with Gasteiger partial charge in [-0.25, -0.2) is 0 Å². The summed E-state index contributed by atoms with van der Waals surface area (Å²) in [5.74, 6) is 2.28. The van der Waals surface area contributed by atoms with Gasteiger partial charge in [0.1, 0.15) is 0 Å². The fourth-order valence-corrected chi connectivity index (χ4v) is 2.17. The Morgan fingerprint density at radius 1 is 1.04 bits per heavy atom. The van der Waals surface area contributed by atoms with Gasteiger partial charge in [0.15, 0.2) is 17.5 Å². The molecule has 0 bridgehead atoms. The van der Waals surface area contributed by atoms with Gasteiger partial charge in [0.25, 0.3) is 0 Å². The standard InChI is InChI=1S/C18H31N3O3.HI/c1-5-6-12-24-13-11-21-18(19-2)20-10-9-15-7-8-16(22-3)17(14-15)23-4;/h7-8,14H,5-6,9-13H2,1-4H3,(H2,19,20,21);1H. The summed E-state index contributed by atoms with van der Waals surface area (Å²) in [6.07, 6.45) is 3.14. The summed E-state index contributed by atoms with van der Waals surface area (Å²) in [7, 11) is 5.05. The third-order valence-corrected chi connectivity index (χ3v) is 3.56. The van der Waals surface area contributed by atoms with Gasteiger partial charge < -0.3 is 24.8 Å². The highest BCUT2D eigenvalue weighted by Gasteiger charge is 2.04. The van der Waals surface area contributed by atoms with Gasteiger partial charge in [0.2, 0.25) is 0 Å². The number of hydrogen-bond acceptors (Lipinski definition) is 4. The number of benzene rings is 1. The quantitative estimate of drug-likeness (QED) is 0.228. The van der Waals surface area contributed by atoms with E-state index in [1.54, 1.807) is 21.3 Å². The fourth-order valence-electron chi connectivity index (χ4n) is 2.17. The van der Waals surface area contributed by atoms with Crippen LogP contribution in [0.1, 0.15) is 25.3 Å². The van der Waals surface area contributed by atoms with Crippen molar-refractivity contribution in [3.63, 3.8) is 0 Å². The largest absolute Gasteiger partial charge is 0.493 e. The van der Waals surface area contributed by atoms with Crippen LogP contribution in [0.4, 0.5) is 0 Å². The molecule has 0 spiro atoms. The van der Waals surface area contributed by atoms with Crippen molar-refractivity contribution in [2.45, 2.75) is 26.2 Å². The van der Waals surface area contributed by atoms with Crippen molar-refractivity contribution < 1.29 is 14.2 Å². The third kappa shape index (κ3) is 9.74. The van der Waals surface area contributed by atoms with E-state index in [-0.39, 0.29) is 24.0 Å². The molecule has 7 heteroatoms. The highest BCUT2D eigenvalue weighted by atomic mass is 127. The van der Waals surface area contributed by atoms with Crippen LogP contribution in [0.3, 0.4) is 0 Å². The van der Waals surface area contributed by atoms with Crippen LogP contribution in [0.5, 0.6) is 11.5 Å². The normalized spacial score (nSPS) is 10.8. The van der Waals surface area contributed by atoms with Crippen LogP contribution < -0.4 is 20.1 Å². The van der Waals surface area contributed by atoms with E-state index in [2.05, 4.69) is 22.5 Å². The van der Waals surface area contributed by atoms with Crippen LogP contribution in [0.25, 0.3) is 0 Å². The molecule has 1 aromatic rings. The molecule has 0 aromatic heterocycles. The topological polar surface area (TPSA) is 64.1 Å². The first-order valence-corrected chi connectivity index (χ1v) is 8.48. The lowest BCUT2D eigenvalue weighted by molar-refractivity contribution is 0.136. The number of guanidine groups is 1. The molecule has 0 atom stereocenters. The van der Waals surface area contributed by atoms with Gasteiger partial charge in [-0.05, 0) is 30.5 Å². The minimum Gasteiger partial charge on any atom is -0.493 e. The monoisotopic (exact) mass is 465 g/mol. The molecule has 0 saturated heterocycles. The molecule has 1 rings (SSSR count). The summed E-state index contributed by atoms with van der Waals surface area (Å²) in [6.45, 7) is 5.21. The zero-order valence-electron chi connectivity index (χ0n) is 15.8. The molecule has 0 aliphatic rings. The second-order valence-electron chi connectivity index (χ2n) is 5.33. The van der Waals surface area contributed by atoms with Crippen LogP contribution >= 0.6 is 24.0 Å². The van der Waals surface area contributed by atoms with Crippen molar-refractivity contribution in [2.75, 3.05) is 47.6 Å². The Balaban J connectivity index is 0.00000576. The Labute approximate surface area is 168 Å². The van der Waals surface area contributed by atoms with Crippen molar-refractivity contribution in [3.05, 3.63) is 23.8 Å². The minimum atomic E-state index is 0. The Morgan fingerprint density at radius 2 is 1.76 bits per heavy atom. The average Bonchev–Trinajstić information content (AvgIpc) is 2.62. The summed E-state index contributed by atoms with van der Waals surface area (Å²) >= 11 is 0. The molecule has 1 aromatic carbocycles. The molecule has 6 nitrogen and oxygen atoms in total. The Bertz CT molecular complexity index is 498. The lowest BCUT2D eigenvalue weighted by Gasteiger charge is -2.13. The summed E-state index contributed by atoms with van der Waals surface area (Å²) in [6, 6.07) is 5.97. The number of unbranched alkanes of at least 4 members (excludes halogenated alkanes) is 1. The maximum absolute atomic E-state index is 5.52. The molecule has 0 radical (unpaired) electrons. The number of hydrogen-bond donors (Lipinski definition) is 2. The molecule has 144 valence electrons. The molecule has 25 heavy (non-hydrogen) atoms. The number of methoxy groups -OCH3 is 2. The van der Waals surface area contributed by atoms with E-state index in [1.807, 2.05) is 18.2 Å². The molecule has 0 saturated carbocycles. The van der Waals surface area contributed by atoms with E-state index in [1.165, 1.54) is 5.56 Å². The van der Waals surface area contributed by atoms with Gasteiger partial charge in [-0.15, -0.1) is 24.0 Å². The van der Waals surface area contributed by atoms with E-state index >= 15 is 0 Å². The average molecular weight is 465 g/mol. The highest BCUT2D eigenvalue weighted by molar-refractivity contribution is 14.0. The predicted octanol–water partition coefficient (Wildman–Crippen LogP) is 2.85. The zero-order valence-corrected chi connectivity index (χ0v) is 18.1. The number of nitrogens with zero attached hydrogens (tertiary/aromatic N) is 1. The van der Waals surface area contributed by atoms with Crippen molar-refractivity contribution in [1.29, 1.82) is 0 Å². The van der Waals surface area contributed by atoms with Crippen molar-refractivity contribution in [2.24, 2.45) is 4.99 Å². The molecule has 0 aliphatic heterocycles. The maximum Gasteiger partial charge on any atom is 0.191 e. The molecular formula is C18H32IN3O3. The van der Waals surface area contributed by atoms with E-state index < -0.39 is 0 Å². The summed E-state index contributed by atoms with van der Waals surface area (Å²) in [5, 5.41) is 6.54. The number of halogens is 1. The Kier molecular flexibility index (Phi) is 14.3. The van der Waals surface area contributed by atoms with Crippen molar-refractivity contribution in [1.82, 2.24) is 10.6 Å². The first-order chi connectivity index (χ1) is 11.7. The molecule has 0 amide bonds. The first-order valence-electron chi connectivity index (χ1n) is 8.48. The fraction of sp³-hybridized carbons (Fsp3) is 0.611. The minimum absolute atomic E-state index is 0. The number of rotatable bonds is 11. The van der Waals surface area contributed by atoms with Gasteiger partial charge in [-0.1, -0.05) is 19.4 Å². The van der Waals surface area contributed by atoms with Gasteiger partial charge in [0, 0.05) is 26.7 Å². The molecule has 0 fully saturated rings. The van der Waals surface area contributed by atoms with Crippen molar-refractivity contribution >= 4 is 29.9 Å². The van der Waals surface area contributed by atoms with Gasteiger partial charge >= 0.3 is 0 Å². The van der Waals surface area contributed by atoms with E-state index in [0.29, 0.717) is 6.61 Å². The maximum atomic E-state index is 5.52. The van der Waals surface area contributed by atoms with Crippen LogP contribution in [-0.2, 0) is 11.2 Å². The van der Waals surface area contributed by atoms with Gasteiger partial charge in [-0.3, -0.25) is 4.99 Å².